The van der Waals surface area contributed by atoms with Gasteiger partial charge in [-0.15, -0.1) is 0 Å². The molecule has 7 rings (SSSR count). The van der Waals surface area contributed by atoms with Gasteiger partial charge >= 0.3 is 6.18 Å². The van der Waals surface area contributed by atoms with E-state index in [-0.39, 0.29) is 41.2 Å². The summed E-state index contributed by atoms with van der Waals surface area (Å²) < 4.78 is 83.3. The second-order valence-electron chi connectivity index (χ2n) is 12.3. The molecule has 43 heavy (non-hydrogen) atoms. The third kappa shape index (κ3) is 5.16. The number of anilines is 2. The van der Waals surface area contributed by atoms with Gasteiger partial charge in [-0.05, 0) is 51.9 Å². The molecule has 5 atom stereocenters. The van der Waals surface area contributed by atoms with Crippen molar-refractivity contribution in [2.75, 3.05) is 42.4 Å². The Morgan fingerprint density at radius 3 is 2.44 bits per heavy atom. The predicted molar refractivity (Wildman–Crippen MR) is 153 cm³/mol. The van der Waals surface area contributed by atoms with Crippen LogP contribution in [-0.2, 0) is 25.5 Å². The number of morpholine rings is 1. The molecule has 0 N–H and O–H groups in total. The lowest BCUT2D eigenvalue weighted by Crippen LogP contribution is -2.47. The average molecular weight is 624 g/mol. The van der Waals surface area contributed by atoms with Crippen LogP contribution in [0.2, 0.25) is 0 Å². The zero-order valence-electron chi connectivity index (χ0n) is 24.2. The van der Waals surface area contributed by atoms with Gasteiger partial charge in [0.1, 0.15) is 21.9 Å². The number of rotatable bonds is 5. The molecule has 0 radical (unpaired) electrons. The average Bonchev–Trinajstić information content (AvgIpc) is 3.66. The summed E-state index contributed by atoms with van der Waals surface area (Å²) in [5.41, 5.74) is -0.612. The number of hydrogen-bond donors (Lipinski definition) is 0. The van der Waals surface area contributed by atoms with E-state index in [1.165, 1.54) is 10.9 Å². The van der Waals surface area contributed by atoms with Crippen molar-refractivity contribution in [1.82, 2.24) is 24.5 Å². The van der Waals surface area contributed by atoms with E-state index in [1.54, 1.807) is 23.0 Å². The Morgan fingerprint density at radius 2 is 1.79 bits per heavy atom. The van der Waals surface area contributed by atoms with Crippen molar-refractivity contribution in [3.05, 3.63) is 24.0 Å². The lowest BCUT2D eigenvalue weighted by molar-refractivity contribution is -0.140. The van der Waals surface area contributed by atoms with Crippen molar-refractivity contribution in [2.24, 2.45) is 0 Å². The summed E-state index contributed by atoms with van der Waals surface area (Å²) in [5, 5.41) is 8.06. The highest BCUT2D eigenvalue weighted by molar-refractivity contribution is 7.91. The summed E-state index contributed by atoms with van der Waals surface area (Å²) in [6, 6.07) is 3.21. The van der Waals surface area contributed by atoms with E-state index in [0.29, 0.717) is 50.7 Å². The SMILES string of the molecule is C[C@@H]1CC(S(C)(=O)=O)CCN1c1cc(N2C3CCC2COC3)nc2c1c(C(F)(F)F)nn2-c1ccn(C2CCCCO2)n1. The Labute approximate surface area is 247 Å². The maximum atomic E-state index is 14.7. The molecule has 3 aromatic rings. The molecule has 11 nitrogen and oxygen atoms in total. The highest BCUT2D eigenvalue weighted by atomic mass is 32.2. The fraction of sp³-hybridized carbons (Fsp3) is 0.679. The van der Waals surface area contributed by atoms with Crippen LogP contribution in [0.15, 0.2) is 18.3 Å². The number of sulfone groups is 1. The first-order valence-electron chi connectivity index (χ1n) is 15.0. The van der Waals surface area contributed by atoms with Gasteiger partial charge in [0, 0.05) is 43.8 Å². The minimum absolute atomic E-state index is 0.0676. The molecule has 234 valence electrons. The largest absolute Gasteiger partial charge is 0.435 e. The predicted octanol–water partition coefficient (Wildman–Crippen LogP) is 4.10. The van der Waals surface area contributed by atoms with Crippen LogP contribution in [0, 0.1) is 0 Å². The molecule has 15 heteroatoms. The van der Waals surface area contributed by atoms with Crippen LogP contribution < -0.4 is 9.80 Å². The van der Waals surface area contributed by atoms with Crippen LogP contribution in [0.1, 0.15) is 63.8 Å². The molecular weight excluding hydrogens is 587 g/mol. The highest BCUT2D eigenvalue weighted by Crippen LogP contribution is 2.44. The van der Waals surface area contributed by atoms with Crippen LogP contribution in [0.25, 0.3) is 16.9 Å². The van der Waals surface area contributed by atoms with Gasteiger partial charge in [0.05, 0.1) is 41.6 Å². The van der Waals surface area contributed by atoms with Gasteiger partial charge in [-0.2, -0.15) is 28.1 Å². The van der Waals surface area contributed by atoms with Crippen molar-refractivity contribution in [1.29, 1.82) is 0 Å². The Kier molecular flexibility index (Phi) is 7.12. The van der Waals surface area contributed by atoms with Crippen LogP contribution in [-0.4, -0.2) is 89.0 Å². The van der Waals surface area contributed by atoms with Gasteiger partial charge < -0.3 is 19.3 Å². The van der Waals surface area contributed by atoms with E-state index >= 15 is 0 Å². The molecule has 0 aliphatic carbocycles. The van der Waals surface area contributed by atoms with Crippen molar-refractivity contribution in [3.8, 4) is 5.82 Å². The standard InChI is InChI=1S/C28H36F3N7O4S/c1-17-13-20(43(2,39)40)8-10-35(17)21-14-23(37-18-6-7-19(37)16-41-15-18)32-27-25(21)26(28(29,30)31)34-38(27)22-9-11-36(33-22)24-5-3-4-12-42-24/h9,11,14,17-20,24H,3-8,10,12-13,15-16H2,1-2H3/t17-,18?,19?,20?,24?/m1/s1. The third-order valence-electron chi connectivity index (χ3n) is 9.38. The fourth-order valence-electron chi connectivity index (χ4n) is 7.21. The molecule has 4 fully saturated rings. The van der Waals surface area contributed by atoms with Crippen molar-refractivity contribution < 1.29 is 31.1 Å². The summed E-state index contributed by atoms with van der Waals surface area (Å²) in [5.74, 6) is 0.791. The van der Waals surface area contributed by atoms with Gasteiger partial charge in [0.25, 0.3) is 0 Å². The van der Waals surface area contributed by atoms with Gasteiger partial charge in [0.2, 0.25) is 0 Å². The van der Waals surface area contributed by atoms with Crippen molar-refractivity contribution in [3.63, 3.8) is 0 Å². The number of pyridine rings is 1. The monoisotopic (exact) mass is 623 g/mol. The molecule has 4 aliphatic rings. The van der Waals surface area contributed by atoms with E-state index in [0.717, 1.165) is 32.1 Å². The molecule has 0 amide bonds. The van der Waals surface area contributed by atoms with Crippen LogP contribution in [0.4, 0.5) is 24.7 Å². The van der Waals surface area contributed by atoms with Gasteiger partial charge in [-0.1, -0.05) is 0 Å². The van der Waals surface area contributed by atoms with Gasteiger partial charge in [0.15, 0.2) is 17.2 Å². The van der Waals surface area contributed by atoms with E-state index in [4.69, 9.17) is 14.5 Å². The van der Waals surface area contributed by atoms with E-state index in [9.17, 15) is 21.6 Å². The number of fused-ring (bicyclic) bond motifs is 3. The Morgan fingerprint density at radius 1 is 1.02 bits per heavy atom. The zero-order valence-corrected chi connectivity index (χ0v) is 25.0. The number of ether oxygens (including phenoxy) is 2. The van der Waals surface area contributed by atoms with Crippen molar-refractivity contribution >= 4 is 32.4 Å². The number of hydrogen-bond acceptors (Lipinski definition) is 9. The fourth-order valence-corrected chi connectivity index (χ4v) is 8.37. The topological polar surface area (TPSA) is 108 Å². The van der Waals surface area contributed by atoms with Gasteiger partial charge in [-0.25, -0.2) is 18.1 Å². The van der Waals surface area contributed by atoms with Crippen LogP contribution >= 0.6 is 0 Å². The van der Waals surface area contributed by atoms with Crippen LogP contribution in [0.5, 0.6) is 0 Å². The first-order chi connectivity index (χ1) is 20.5. The lowest BCUT2D eigenvalue weighted by atomic mass is 10.0. The molecule has 3 aromatic heterocycles. The van der Waals surface area contributed by atoms with E-state index < -0.39 is 27.0 Å². The lowest BCUT2D eigenvalue weighted by Gasteiger charge is -2.40. The molecule has 2 bridgehead atoms. The van der Waals surface area contributed by atoms with E-state index in [1.807, 2.05) is 11.8 Å². The molecule has 4 saturated heterocycles. The molecule has 7 heterocycles. The molecule has 0 saturated carbocycles. The molecule has 4 aliphatic heterocycles. The smallest absolute Gasteiger partial charge is 0.377 e. The zero-order chi connectivity index (χ0) is 30.1. The number of piperidine rings is 1. The summed E-state index contributed by atoms with van der Waals surface area (Å²) >= 11 is 0. The minimum Gasteiger partial charge on any atom is -0.377 e. The maximum Gasteiger partial charge on any atom is 0.435 e. The van der Waals surface area contributed by atoms with Crippen molar-refractivity contribution in [2.45, 2.75) is 87.6 Å². The minimum atomic E-state index is -4.76. The van der Waals surface area contributed by atoms with Gasteiger partial charge in [-0.3, -0.25) is 0 Å². The first-order valence-corrected chi connectivity index (χ1v) is 16.9. The quantitative estimate of drug-likeness (QED) is 0.415. The Hall–Kier alpha value is -2.91. The Bertz CT molecular complexity index is 1600. The third-order valence-corrected chi connectivity index (χ3v) is 11.0. The number of alkyl halides is 3. The highest BCUT2D eigenvalue weighted by Gasteiger charge is 2.43. The maximum absolute atomic E-state index is 14.7. The van der Waals surface area contributed by atoms with Crippen LogP contribution in [0.3, 0.4) is 0 Å². The first kappa shape index (κ1) is 28.8. The number of nitrogens with zero attached hydrogens (tertiary/aromatic N) is 7. The summed E-state index contributed by atoms with van der Waals surface area (Å²) in [6.45, 7) is 3.82. The normalized spacial score (nSPS) is 28.6. The molecule has 0 aromatic carbocycles. The molecule has 0 spiro atoms. The van der Waals surface area contributed by atoms with E-state index in [2.05, 4.69) is 15.1 Å². The Balaban J connectivity index is 1.40. The number of aromatic nitrogens is 5. The molecule has 4 unspecified atom stereocenters. The molecular formula is C28H36F3N7O4S. The number of halogens is 3. The second-order valence-corrected chi connectivity index (χ2v) is 14.6. The summed E-state index contributed by atoms with van der Waals surface area (Å²) in [4.78, 5) is 8.95. The summed E-state index contributed by atoms with van der Waals surface area (Å²) in [6.07, 6.45) is 3.06. The summed E-state index contributed by atoms with van der Waals surface area (Å²) in [7, 11) is -3.29. The second kappa shape index (κ2) is 10.6.